The summed E-state index contributed by atoms with van der Waals surface area (Å²) in [6.07, 6.45) is 2.77. The zero-order chi connectivity index (χ0) is 22.5. The monoisotopic (exact) mass is 426 g/mol. The van der Waals surface area contributed by atoms with Crippen molar-refractivity contribution < 1.29 is 28.2 Å². The van der Waals surface area contributed by atoms with Gasteiger partial charge in [0.2, 0.25) is 5.75 Å². The van der Waals surface area contributed by atoms with Gasteiger partial charge in [-0.25, -0.2) is 9.59 Å². The van der Waals surface area contributed by atoms with E-state index in [0.717, 1.165) is 30.2 Å². The number of unbranched alkanes of at least 4 members (excludes halogenated alkanes) is 1. The van der Waals surface area contributed by atoms with Crippen molar-refractivity contribution in [3.8, 4) is 23.0 Å². The highest BCUT2D eigenvalue weighted by Gasteiger charge is 2.20. The fraction of sp³-hybridized carbons (Fsp3) is 0.333. The Bertz CT molecular complexity index is 1140. The summed E-state index contributed by atoms with van der Waals surface area (Å²) in [7, 11) is 4.43. The summed E-state index contributed by atoms with van der Waals surface area (Å²) in [6.45, 7) is 3.85. The molecule has 3 aromatic rings. The van der Waals surface area contributed by atoms with Gasteiger partial charge in [-0.3, -0.25) is 0 Å². The topological polar surface area (TPSA) is 84.2 Å². The standard InChI is InChI=1S/C24H26O7/c1-6-7-8-15-13-21(25)31-22-14(2)18(10-9-17(15)22)30-24(26)16-11-19(27-3)23(29-5)20(12-16)28-4/h9-13H,6-8H2,1-5H3. The van der Waals surface area contributed by atoms with Crippen LogP contribution in [0.3, 0.4) is 0 Å². The molecule has 0 bridgehead atoms. The average Bonchev–Trinajstić information content (AvgIpc) is 2.78. The molecule has 1 heterocycles. The second kappa shape index (κ2) is 9.55. The van der Waals surface area contributed by atoms with Crippen LogP contribution in [0.1, 0.15) is 41.3 Å². The number of fused-ring (bicyclic) bond motifs is 1. The number of rotatable bonds is 8. The van der Waals surface area contributed by atoms with E-state index in [4.69, 9.17) is 23.4 Å². The van der Waals surface area contributed by atoms with Crippen LogP contribution in [-0.2, 0) is 6.42 Å². The summed E-state index contributed by atoms with van der Waals surface area (Å²) in [5, 5.41) is 0.845. The van der Waals surface area contributed by atoms with Gasteiger partial charge >= 0.3 is 11.6 Å². The molecule has 0 saturated carbocycles. The number of carbonyl (C=O) groups excluding carboxylic acids is 1. The van der Waals surface area contributed by atoms with Crippen molar-refractivity contribution in [2.45, 2.75) is 33.1 Å². The highest BCUT2D eigenvalue weighted by Crippen LogP contribution is 2.38. The second-order valence-electron chi connectivity index (χ2n) is 7.06. The molecule has 0 fully saturated rings. The predicted molar refractivity (Wildman–Crippen MR) is 117 cm³/mol. The summed E-state index contributed by atoms with van der Waals surface area (Å²) in [5.41, 5.74) is 1.74. The van der Waals surface area contributed by atoms with Crippen molar-refractivity contribution in [3.63, 3.8) is 0 Å². The Labute approximate surface area is 180 Å². The molecular weight excluding hydrogens is 400 g/mol. The average molecular weight is 426 g/mol. The highest BCUT2D eigenvalue weighted by molar-refractivity contribution is 5.94. The third-order valence-corrected chi connectivity index (χ3v) is 5.10. The third kappa shape index (κ3) is 4.50. The number of esters is 1. The van der Waals surface area contributed by atoms with E-state index in [-0.39, 0.29) is 5.56 Å². The zero-order valence-electron chi connectivity index (χ0n) is 18.4. The van der Waals surface area contributed by atoms with E-state index in [2.05, 4.69) is 6.92 Å². The van der Waals surface area contributed by atoms with E-state index in [1.54, 1.807) is 13.0 Å². The molecule has 0 spiro atoms. The van der Waals surface area contributed by atoms with Crippen molar-refractivity contribution in [1.29, 1.82) is 0 Å². The lowest BCUT2D eigenvalue weighted by atomic mass is 10.0. The van der Waals surface area contributed by atoms with Crippen LogP contribution >= 0.6 is 0 Å². The summed E-state index contributed by atoms with van der Waals surface area (Å²) in [4.78, 5) is 24.9. The van der Waals surface area contributed by atoms with Crippen LogP contribution < -0.4 is 24.6 Å². The predicted octanol–water partition coefficient (Wildman–Crippen LogP) is 4.69. The summed E-state index contributed by atoms with van der Waals surface area (Å²) in [6, 6.07) is 8.09. The van der Waals surface area contributed by atoms with E-state index >= 15 is 0 Å². The first-order chi connectivity index (χ1) is 14.9. The van der Waals surface area contributed by atoms with Crippen LogP contribution in [0.4, 0.5) is 0 Å². The molecule has 3 rings (SSSR count). The van der Waals surface area contributed by atoms with Crippen LogP contribution in [-0.4, -0.2) is 27.3 Å². The number of carbonyl (C=O) groups is 1. The normalized spacial score (nSPS) is 10.7. The summed E-state index contributed by atoms with van der Waals surface area (Å²) in [5.74, 6) is 0.768. The number of benzene rings is 2. The maximum Gasteiger partial charge on any atom is 0.343 e. The van der Waals surface area contributed by atoms with E-state index in [0.29, 0.717) is 34.1 Å². The molecule has 0 saturated heterocycles. The van der Waals surface area contributed by atoms with Gasteiger partial charge in [0.25, 0.3) is 0 Å². The van der Waals surface area contributed by atoms with Crippen molar-refractivity contribution in [3.05, 3.63) is 57.4 Å². The Morgan fingerprint density at radius 1 is 0.968 bits per heavy atom. The van der Waals surface area contributed by atoms with Gasteiger partial charge in [0, 0.05) is 17.0 Å². The van der Waals surface area contributed by atoms with Crippen LogP contribution in [0.2, 0.25) is 0 Å². The summed E-state index contributed by atoms with van der Waals surface area (Å²) >= 11 is 0. The van der Waals surface area contributed by atoms with Gasteiger partial charge in [0.05, 0.1) is 26.9 Å². The van der Waals surface area contributed by atoms with Crippen molar-refractivity contribution in [2.24, 2.45) is 0 Å². The minimum Gasteiger partial charge on any atom is -0.493 e. The number of hydrogen-bond donors (Lipinski definition) is 0. The minimum absolute atomic E-state index is 0.229. The molecule has 0 amide bonds. The summed E-state index contributed by atoms with van der Waals surface area (Å²) < 4.78 is 26.9. The zero-order valence-corrected chi connectivity index (χ0v) is 18.4. The van der Waals surface area contributed by atoms with Gasteiger partial charge in [-0.1, -0.05) is 13.3 Å². The number of aryl methyl sites for hydroxylation is 2. The van der Waals surface area contributed by atoms with Crippen LogP contribution in [0.5, 0.6) is 23.0 Å². The third-order valence-electron chi connectivity index (χ3n) is 5.10. The smallest absolute Gasteiger partial charge is 0.343 e. The first-order valence-corrected chi connectivity index (χ1v) is 10.0. The molecule has 2 aromatic carbocycles. The van der Waals surface area contributed by atoms with Crippen LogP contribution in [0.25, 0.3) is 11.0 Å². The molecule has 0 N–H and O–H groups in total. The Kier molecular flexibility index (Phi) is 6.84. The Morgan fingerprint density at radius 2 is 1.65 bits per heavy atom. The van der Waals surface area contributed by atoms with E-state index in [1.807, 2.05) is 6.07 Å². The number of hydrogen-bond acceptors (Lipinski definition) is 7. The first kappa shape index (κ1) is 22.2. The molecule has 7 heteroatoms. The largest absolute Gasteiger partial charge is 0.493 e. The molecule has 0 atom stereocenters. The molecule has 0 aliphatic heterocycles. The van der Waals surface area contributed by atoms with Crippen molar-refractivity contribution >= 4 is 16.9 Å². The molecule has 0 aliphatic rings. The maximum absolute atomic E-state index is 12.8. The van der Waals surface area contributed by atoms with Gasteiger partial charge in [-0.05, 0) is 49.6 Å². The molecule has 0 aliphatic carbocycles. The van der Waals surface area contributed by atoms with Crippen LogP contribution in [0.15, 0.2) is 39.5 Å². The Hall–Kier alpha value is -3.48. The van der Waals surface area contributed by atoms with Crippen molar-refractivity contribution in [2.75, 3.05) is 21.3 Å². The van der Waals surface area contributed by atoms with Crippen LogP contribution in [0, 0.1) is 6.92 Å². The van der Waals surface area contributed by atoms with E-state index in [1.165, 1.54) is 39.5 Å². The van der Waals surface area contributed by atoms with Crippen molar-refractivity contribution in [1.82, 2.24) is 0 Å². The Morgan fingerprint density at radius 3 is 2.23 bits per heavy atom. The van der Waals surface area contributed by atoms with Gasteiger partial charge in [0.1, 0.15) is 11.3 Å². The lowest BCUT2D eigenvalue weighted by Gasteiger charge is -2.14. The minimum atomic E-state index is -0.605. The number of ether oxygens (including phenoxy) is 4. The fourth-order valence-electron chi connectivity index (χ4n) is 3.45. The molecule has 0 radical (unpaired) electrons. The van der Waals surface area contributed by atoms with Gasteiger partial charge in [0.15, 0.2) is 11.5 Å². The van der Waals surface area contributed by atoms with Gasteiger partial charge in [-0.2, -0.15) is 0 Å². The molecule has 7 nitrogen and oxygen atoms in total. The molecule has 0 unspecified atom stereocenters. The first-order valence-electron chi connectivity index (χ1n) is 10.0. The van der Waals surface area contributed by atoms with Gasteiger partial charge in [-0.15, -0.1) is 0 Å². The molecule has 31 heavy (non-hydrogen) atoms. The second-order valence-corrected chi connectivity index (χ2v) is 7.06. The maximum atomic E-state index is 12.8. The van der Waals surface area contributed by atoms with E-state index in [9.17, 15) is 9.59 Å². The quantitative estimate of drug-likeness (QED) is 0.293. The molecule has 164 valence electrons. The lowest BCUT2D eigenvalue weighted by molar-refractivity contribution is 0.0732. The lowest BCUT2D eigenvalue weighted by Crippen LogP contribution is -2.11. The van der Waals surface area contributed by atoms with E-state index < -0.39 is 11.6 Å². The Balaban J connectivity index is 1.99. The number of methoxy groups -OCH3 is 3. The highest BCUT2D eigenvalue weighted by atomic mass is 16.5. The molecular formula is C24H26O7. The molecule has 1 aromatic heterocycles. The SMILES string of the molecule is CCCCc1cc(=O)oc2c(C)c(OC(=O)c3cc(OC)c(OC)c(OC)c3)ccc12. The van der Waals surface area contributed by atoms with Gasteiger partial charge < -0.3 is 23.4 Å². The fourth-order valence-corrected chi connectivity index (χ4v) is 3.45.